The number of piperidine rings is 1. The second-order valence-corrected chi connectivity index (χ2v) is 7.82. The number of hydrogen-bond acceptors (Lipinski definition) is 5. The number of benzene rings is 1. The highest BCUT2D eigenvalue weighted by Gasteiger charge is 2.22. The van der Waals surface area contributed by atoms with Crippen LogP contribution in [-0.2, 0) is 6.42 Å². The fourth-order valence-corrected chi connectivity index (χ4v) is 4.09. The molecule has 0 amide bonds. The number of nitrogens with one attached hydrogen (secondary N) is 2. The van der Waals surface area contributed by atoms with Crippen LogP contribution in [0.1, 0.15) is 47.9 Å². The van der Waals surface area contributed by atoms with Crippen molar-refractivity contribution >= 4 is 5.96 Å². The molecule has 0 spiro atoms. The highest BCUT2D eigenvalue weighted by molar-refractivity contribution is 5.79. The van der Waals surface area contributed by atoms with E-state index in [0.29, 0.717) is 6.04 Å². The van der Waals surface area contributed by atoms with Gasteiger partial charge in [-0.15, -0.1) is 0 Å². The number of nitrogens with zero attached hydrogens (tertiary/aromatic N) is 3. The van der Waals surface area contributed by atoms with Crippen LogP contribution in [0.4, 0.5) is 0 Å². The maximum absolute atomic E-state index is 5.33. The molecule has 2 N–H and O–H groups in total. The molecule has 2 heterocycles. The van der Waals surface area contributed by atoms with E-state index in [9.17, 15) is 0 Å². The van der Waals surface area contributed by atoms with Gasteiger partial charge in [0.15, 0.2) is 5.96 Å². The van der Waals surface area contributed by atoms with Gasteiger partial charge >= 0.3 is 0 Å². The minimum absolute atomic E-state index is 0.303. The first-order chi connectivity index (χ1) is 14.6. The quantitative estimate of drug-likeness (QED) is 0.511. The summed E-state index contributed by atoms with van der Waals surface area (Å²) in [5.41, 5.74) is 3.43. The molecule has 1 aromatic heterocycles. The van der Waals surface area contributed by atoms with E-state index in [2.05, 4.69) is 37.8 Å². The Hall–Kier alpha value is -2.54. The summed E-state index contributed by atoms with van der Waals surface area (Å²) in [4.78, 5) is 6.99. The van der Waals surface area contributed by atoms with Gasteiger partial charge in [-0.2, -0.15) is 0 Å². The number of aliphatic imine (C=N–C) groups is 1. The van der Waals surface area contributed by atoms with Gasteiger partial charge in [0.25, 0.3) is 0 Å². The SMILES string of the molecule is CN=C(NCCc1c(C)noc1C)NCC(c1ccc(OC)cc1)N1CCCCC1. The molecule has 1 fully saturated rings. The van der Waals surface area contributed by atoms with Gasteiger partial charge in [-0.25, -0.2) is 0 Å². The Balaban J connectivity index is 1.59. The van der Waals surface area contributed by atoms with Crippen molar-refractivity contribution in [1.29, 1.82) is 0 Å². The zero-order valence-corrected chi connectivity index (χ0v) is 18.7. The van der Waals surface area contributed by atoms with Gasteiger partial charge in [0.05, 0.1) is 18.8 Å². The van der Waals surface area contributed by atoms with Crippen LogP contribution in [0.5, 0.6) is 5.75 Å². The average molecular weight is 414 g/mol. The molecular weight excluding hydrogens is 378 g/mol. The maximum atomic E-state index is 5.33. The van der Waals surface area contributed by atoms with E-state index >= 15 is 0 Å². The van der Waals surface area contributed by atoms with E-state index in [1.807, 2.05) is 33.0 Å². The van der Waals surface area contributed by atoms with Crippen molar-refractivity contribution in [3.05, 3.63) is 46.8 Å². The topological polar surface area (TPSA) is 74.9 Å². The lowest BCUT2D eigenvalue weighted by molar-refractivity contribution is 0.164. The number of hydrogen-bond donors (Lipinski definition) is 2. The van der Waals surface area contributed by atoms with Crippen molar-refractivity contribution in [2.24, 2.45) is 4.99 Å². The van der Waals surface area contributed by atoms with Crippen LogP contribution in [0.2, 0.25) is 0 Å². The molecule has 0 aliphatic carbocycles. The zero-order valence-electron chi connectivity index (χ0n) is 18.7. The van der Waals surface area contributed by atoms with Crippen LogP contribution in [-0.4, -0.2) is 56.4 Å². The lowest BCUT2D eigenvalue weighted by Gasteiger charge is -2.35. The largest absolute Gasteiger partial charge is 0.497 e. The Morgan fingerprint density at radius 3 is 2.50 bits per heavy atom. The Morgan fingerprint density at radius 2 is 1.90 bits per heavy atom. The molecule has 7 nitrogen and oxygen atoms in total. The van der Waals surface area contributed by atoms with Crippen LogP contribution in [0, 0.1) is 13.8 Å². The highest BCUT2D eigenvalue weighted by atomic mass is 16.5. The van der Waals surface area contributed by atoms with Gasteiger partial charge in [0.1, 0.15) is 11.5 Å². The summed E-state index contributed by atoms with van der Waals surface area (Å²) < 4.78 is 10.6. The zero-order chi connectivity index (χ0) is 21.3. The number of ether oxygens (including phenoxy) is 1. The van der Waals surface area contributed by atoms with Crippen LogP contribution < -0.4 is 15.4 Å². The predicted molar refractivity (Wildman–Crippen MR) is 120 cm³/mol. The summed E-state index contributed by atoms with van der Waals surface area (Å²) in [5.74, 6) is 2.60. The Bertz CT molecular complexity index is 790. The summed E-state index contributed by atoms with van der Waals surface area (Å²) in [6, 6.07) is 8.74. The van der Waals surface area contributed by atoms with Gasteiger partial charge in [-0.1, -0.05) is 23.7 Å². The molecule has 1 aliphatic rings. The minimum atomic E-state index is 0.303. The molecule has 1 aliphatic heterocycles. The van der Waals surface area contributed by atoms with Crippen LogP contribution in [0.15, 0.2) is 33.8 Å². The maximum Gasteiger partial charge on any atom is 0.191 e. The van der Waals surface area contributed by atoms with E-state index < -0.39 is 0 Å². The standard InChI is InChI=1S/C23H35N5O2/c1-17-21(18(2)30-27-17)12-13-25-23(24-3)26-16-22(28-14-6-5-7-15-28)19-8-10-20(29-4)11-9-19/h8-11,22H,5-7,12-16H2,1-4H3,(H2,24,25,26). The second kappa shape index (κ2) is 11.0. The number of guanidine groups is 1. The van der Waals surface area contributed by atoms with Crippen molar-refractivity contribution in [3.63, 3.8) is 0 Å². The first-order valence-corrected chi connectivity index (χ1v) is 10.9. The highest BCUT2D eigenvalue weighted by Crippen LogP contribution is 2.25. The third-order valence-corrected chi connectivity index (χ3v) is 5.87. The lowest BCUT2D eigenvalue weighted by atomic mass is 10.0. The molecule has 1 aromatic carbocycles. The molecule has 1 atom stereocenters. The van der Waals surface area contributed by atoms with Crippen molar-refractivity contribution < 1.29 is 9.26 Å². The first kappa shape index (κ1) is 22.2. The summed E-state index contributed by atoms with van der Waals surface area (Å²) in [5, 5.41) is 11.0. The van der Waals surface area contributed by atoms with E-state index in [1.54, 1.807) is 7.11 Å². The molecule has 3 rings (SSSR count). The Morgan fingerprint density at radius 1 is 1.17 bits per heavy atom. The molecule has 0 bridgehead atoms. The molecule has 30 heavy (non-hydrogen) atoms. The molecule has 0 radical (unpaired) electrons. The predicted octanol–water partition coefficient (Wildman–Crippen LogP) is 3.23. The Kier molecular flexibility index (Phi) is 8.13. The fourth-order valence-electron chi connectivity index (χ4n) is 4.09. The molecule has 164 valence electrons. The number of aryl methyl sites for hydroxylation is 2. The molecule has 0 saturated carbocycles. The van der Waals surface area contributed by atoms with Gasteiger partial charge < -0.3 is 19.9 Å². The van der Waals surface area contributed by atoms with Crippen molar-refractivity contribution in [2.75, 3.05) is 40.3 Å². The van der Waals surface area contributed by atoms with E-state index in [-0.39, 0.29) is 0 Å². The van der Waals surface area contributed by atoms with Gasteiger partial charge in [0.2, 0.25) is 0 Å². The molecule has 7 heteroatoms. The minimum Gasteiger partial charge on any atom is -0.497 e. The van der Waals surface area contributed by atoms with Gasteiger partial charge in [0, 0.05) is 25.7 Å². The van der Waals surface area contributed by atoms with Gasteiger partial charge in [-0.3, -0.25) is 9.89 Å². The number of methoxy groups -OCH3 is 1. The van der Waals surface area contributed by atoms with E-state index in [0.717, 1.165) is 55.8 Å². The number of aromatic nitrogens is 1. The summed E-state index contributed by atoms with van der Waals surface area (Å²) >= 11 is 0. The van der Waals surface area contributed by atoms with Crippen LogP contribution in [0.25, 0.3) is 0 Å². The average Bonchev–Trinajstić information content (AvgIpc) is 3.11. The van der Waals surface area contributed by atoms with Gasteiger partial charge in [-0.05, 0) is 63.9 Å². The van der Waals surface area contributed by atoms with Crippen LogP contribution >= 0.6 is 0 Å². The number of rotatable bonds is 8. The Labute approximate surface area is 179 Å². The fraction of sp³-hybridized carbons (Fsp3) is 0.565. The summed E-state index contributed by atoms with van der Waals surface area (Å²) in [7, 11) is 3.52. The second-order valence-electron chi connectivity index (χ2n) is 7.82. The third kappa shape index (κ3) is 5.75. The lowest BCUT2D eigenvalue weighted by Crippen LogP contribution is -2.44. The van der Waals surface area contributed by atoms with E-state index in [4.69, 9.17) is 9.26 Å². The molecule has 1 saturated heterocycles. The summed E-state index contributed by atoms with van der Waals surface area (Å²) in [6.07, 6.45) is 4.70. The smallest absolute Gasteiger partial charge is 0.191 e. The van der Waals surface area contributed by atoms with E-state index in [1.165, 1.54) is 30.4 Å². The molecule has 1 unspecified atom stereocenters. The van der Waals surface area contributed by atoms with Crippen molar-refractivity contribution in [2.45, 2.75) is 45.6 Å². The summed E-state index contributed by atoms with van der Waals surface area (Å²) in [6.45, 7) is 7.79. The molecular formula is C23H35N5O2. The normalized spacial score (nSPS) is 16.3. The monoisotopic (exact) mass is 413 g/mol. The van der Waals surface area contributed by atoms with Crippen LogP contribution in [0.3, 0.4) is 0 Å². The third-order valence-electron chi connectivity index (χ3n) is 5.87. The van der Waals surface area contributed by atoms with Crippen molar-refractivity contribution in [3.8, 4) is 5.75 Å². The molecule has 2 aromatic rings. The first-order valence-electron chi connectivity index (χ1n) is 10.9. The van der Waals surface area contributed by atoms with Crippen molar-refractivity contribution in [1.82, 2.24) is 20.7 Å². The number of likely N-dealkylation sites (tertiary alicyclic amines) is 1.